The van der Waals surface area contributed by atoms with Crippen LogP contribution in [0.1, 0.15) is 48.4 Å². The first-order valence-corrected chi connectivity index (χ1v) is 10.7. The number of rotatable bonds is 9. The lowest BCUT2D eigenvalue weighted by Crippen LogP contribution is -2.33. The Morgan fingerprint density at radius 1 is 1.03 bits per heavy atom. The second-order valence-corrected chi connectivity index (χ2v) is 7.93. The van der Waals surface area contributed by atoms with Gasteiger partial charge in [-0.2, -0.15) is 0 Å². The van der Waals surface area contributed by atoms with E-state index in [9.17, 15) is 4.79 Å². The van der Waals surface area contributed by atoms with Crippen LogP contribution in [0.2, 0.25) is 0 Å². The normalized spacial score (nSPS) is 15.2. The maximum absolute atomic E-state index is 12.0. The van der Waals surface area contributed by atoms with Gasteiger partial charge >= 0.3 is 0 Å². The molecule has 4 rings (SSSR count). The minimum absolute atomic E-state index is 0.0112. The van der Waals surface area contributed by atoms with Crippen LogP contribution in [0.3, 0.4) is 0 Å². The number of para-hydroxylation sites is 1. The molecule has 0 spiro atoms. The first-order chi connectivity index (χ1) is 14.8. The Balaban J connectivity index is 1.16. The number of hydrogen-bond donors (Lipinski definition) is 0. The van der Waals surface area contributed by atoms with E-state index in [-0.39, 0.29) is 11.7 Å². The summed E-state index contributed by atoms with van der Waals surface area (Å²) in [6.07, 6.45) is 7.91. The molecule has 0 aliphatic carbocycles. The molecule has 5 nitrogen and oxygen atoms in total. The smallest absolute Gasteiger partial charge is 0.263 e. The Bertz CT molecular complexity index is 899. The topological polar surface area (TPSA) is 55.6 Å². The van der Waals surface area contributed by atoms with Crippen LogP contribution in [-0.4, -0.2) is 28.8 Å². The number of carbonyl (C=O) groups is 1. The van der Waals surface area contributed by atoms with Crippen molar-refractivity contribution in [2.24, 2.45) is 5.92 Å². The fourth-order valence-corrected chi connectivity index (χ4v) is 4.00. The number of piperidine rings is 1. The molecule has 1 saturated heterocycles. The van der Waals surface area contributed by atoms with Gasteiger partial charge in [-0.1, -0.05) is 30.3 Å². The Hall–Kier alpha value is -2.92. The molecule has 30 heavy (non-hydrogen) atoms. The third kappa shape index (κ3) is 5.80. The van der Waals surface area contributed by atoms with E-state index in [0.29, 0.717) is 12.3 Å². The molecule has 156 valence electrons. The molecule has 1 fully saturated rings. The van der Waals surface area contributed by atoms with Crippen LogP contribution in [0.4, 0.5) is 0 Å². The van der Waals surface area contributed by atoms with Gasteiger partial charge in [0, 0.05) is 13.0 Å². The number of Topliss-reactive ketones (excluding diaryl/α,β-unsaturated/α-hetero) is 1. The lowest BCUT2D eigenvalue weighted by atomic mass is 9.91. The zero-order valence-electron chi connectivity index (χ0n) is 17.2. The summed E-state index contributed by atoms with van der Waals surface area (Å²) in [6.45, 7) is 3.20. The molecule has 0 N–H and O–H groups in total. The quantitative estimate of drug-likeness (QED) is 0.426. The van der Waals surface area contributed by atoms with Crippen LogP contribution in [0.25, 0.3) is 0 Å². The summed E-state index contributed by atoms with van der Waals surface area (Å²) in [5.41, 5.74) is 1.31. The van der Waals surface area contributed by atoms with Gasteiger partial charge in [0.05, 0.1) is 6.20 Å². The molecule has 2 heterocycles. The predicted molar refractivity (Wildman–Crippen MR) is 116 cm³/mol. The van der Waals surface area contributed by atoms with E-state index in [1.807, 2.05) is 42.5 Å². The van der Waals surface area contributed by atoms with Crippen LogP contribution < -0.4 is 4.74 Å². The van der Waals surface area contributed by atoms with Gasteiger partial charge in [-0.15, -0.1) is 0 Å². The first kappa shape index (κ1) is 20.4. The van der Waals surface area contributed by atoms with Crippen LogP contribution in [-0.2, 0) is 6.54 Å². The summed E-state index contributed by atoms with van der Waals surface area (Å²) >= 11 is 0. The van der Waals surface area contributed by atoms with Crippen LogP contribution >= 0.6 is 0 Å². The van der Waals surface area contributed by atoms with Gasteiger partial charge in [-0.3, -0.25) is 9.69 Å². The number of ether oxygens (including phenoxy) is 1. The zero-order valence-corrected chi connectivity index (χ0v) is 17.2. The minimum atomic E-state index is 0.0112. The number of ketones is 1. The van der Waals surface area contributed by atoms with E-state index < -0.39 is 0 Å². The Morgan fingerprint density at radius 2 is 1.77 bits per heavy atom. The van der Waals surface area contributed by atoms with E-state index in [2.05, 4.69) is 22.0 Å². The minimum Gasteiger partial charge on any atom is -0.457 e. The fraction of sp³-hybridized carbons (Fsp3) is 0.360. The SMILES string of the molecule is O=C(CCCC1CCN(Cc2ccc(Oc3ccccc3)cc2)CC1)c1ncco1. The van der Waals surface area contributed by atoms with Crippen molar-refractivity contribution in [3.8, 4) is 11.5 Å². The van der Waals surface area contributed by atoms with Gasteiger partial charge < -0.3 is 9.15 Å². The maximum Gasteiger partial charge on any atom is 0.263 e. The largest absolute Gasteiger partial charge is 0.457 e. The number of benzene rings is 2. The summed E-state index contributed by atoms with van der Waals surface area (Å²) in [5, 5.41) is 0. The average molecular weight is 405 g/mol. The number of likely N-dealkylation sites (tertiary alicyclic amines) is 1. The average Bonchev–Trinajstić information content (AvgIpc) is 3.32. The van der Waals surface area contributed by atoms with Gasteiger partial charge in [0.2, 0.25) is 5.78 Å². The molecule has 0 amide bonds. The highest BCUT2D eigenvalue weighted by Gasteiger charge is 2.20. The highest BCUT2D eigenvalue weighted by atomic mass is 16.5. The van der Waals surface area contributed by atoms with Crippen molar-refractivity contribution in [1.82, 2.24) is 9.88 Å². The van der Waals surface area contributed by atoms with Crippen LogP contribution in [0, 0.1) is 5.92 Å². The van der Waals surface area contributed by atoms with E-state index >= 15 is 0 Å². The van der Waals surface area contributed by atoms with Crippen molar-refractivity contribution in [3.63, 3.8) is 0 Å². The molecule has 3 aromatic rings. The highest BCUT2D eigenvalue weighted by molar-refractivity contribution is 5.91. The second kappa shape index (κ2) is 10.2. The number of nitrogens with zero attached hydrogens (tertiary/aromatic N) is 2. The van der Waals surface area contributed by atoms with E-state index in [0.717, 1.165) is 44.0 Å². The third-order valence-corrected chi connectivity index (χ3v) is 5.70. The number of aromatic nitrogens is 1. The van der Waals surface area contributed by atoms with Gasteiger partial charge in [0.1, 0.15) is 17.8 Å². The third-order valence-electron chi connectivity index (χ3n) is 5.70. The van der Waals surface area contributed by atoms with Crippen molar-refractivity contribution in [3.05, 3.63) is 78.5 Å². The summed E-state index contributed by atoms with van der Waals surface area (Å²) < 4.78 is 10.9. The summed E-state index contributed by atoms with van der Waals surface area (Å²) in [6, 6.07) is 18.2. The van der Waals surface area contributed by atoms with E-state index in [1.165, 1.54) is 30.9 Å². The highest BCUT2D eigenvalue weighted by Crippen LogP contribution is 2.25. The molecular weight excluding hydrogens is 376 g/mol. The molecule has 0 atom stereocenters. The van der Waals surface area contributed by atoms with E-state index in [4.69, 9.17) is 9.15 Å². The van der Waals surface area contributed by atoms with Crippen LogP contribution in [0.5, 0.6) is 11.5 Å². The molecule has 1 aliphatic heterocycles. The zero-order chi connectivity index (χ0) is 20.6. The Labute approximate surface area is 177 Å². The molecule has 1 aliphatic rings. The van der Waals surface area contributed by atoms with Gasteiger partial charge in [-0.25, -0.2) is 4.98 Å². The van der Waals surface area contributed by atoms with Crippen molar-refractivity contribution in [2.45, 2.75) is 38.6 Å². The van der Waals surface area contributed by atoms with Crippen molar-refractivity contribution < 1.29 is 13.9 Å². The molecule has 0 radical (unpaired) electrons. The van der Waals surface area contributed by atoms with Gasteiger partial charge in [-0.05, 0) is 74.5 Å². The monoisotopic (exact) mass is 404 g/mol. The fourth-order valence-electron chi connectivity index (χ4n) is 4.00. The maximum atomic E-state index is 12.0. The molecule has 0 saturated carbocycles. The van der Waals surface area contributed by atoms with Crippen LogP contribution in [0.15, 0.2) is 71.5 Å². The lowest BCUT2D eigenvalue weighted by Gasteiger charge is -2.32. The Morgan fingerprint density at radius 3 is 2.47 bits per heavy atom. The summed E-state index contributed by atoms with van der Waals surface area (Å²) in [7, 11) is 0. The number of hydrogen-bond acceptors (Lipinski definition) is 5. The molecule has 1 aromatic heterocycles. The second-order valence-electron chi connectivity index (χ2n) is 7.93. The predicted octanol–water partition coefficient (Wildman–Crippen LogP) is 5.73. The molecule has 0 unspecified atom stereocenters. The Kier molecular flexibility index (Phi) is 6.93. The molecular formula is C25H28N2O3. The molecule has 0 bridgehead atoms. The summed E-state index contributed by atoms with van der Waals surface area (Å²) in [4.78, 5) is 18.4. The number of oxazole rings is 1. The van der Waals surface area contributed by atoms with Gasteiger partial charge in [0.15, 0.2) is 0 Å². The van der Waals surface area contributed by atoms with Crippen molar-refractivity contribution in [1.29, 1.82) is 0 Å². The van der Waals surface area contributed by atoms with Crippen molar-refractivity contribution in [2.75, 3.05) is 13.1 Å². The van der Waals surface area contributed by atoms with E-state index in [1.54, 1.807) is 0 Å². The van der Waals surface area contributed by atoms with Gasteiger partial charge in [0.25, 0.3) is 5.89 Å². The lowest BCUT2D eigenvalue weighted by molar-refractivity contribution is 0.0940. The molecule has 2 aromatic carbocycles. The van der Waals surface area contributed by atoms with Crippen molar-refractivity contribution >= 4 is 5.78 Å². The summed E-state index contributed by atoms with van der Waals surface area (Å²) in [5.74, 6) is 2.68. The first-order valence-electron chi connectivity index (χ1n) is 10.7. The number of carbonyl (C=O) groups excluding carboxylic acids is 1. The standard InChI is InChI=1S/C25H28N2O3/c28-24(25-26-15-18-29-25)8-4-5-20-13-16-27(17-14-20)19-21-9-11-23(12-10-21)30-22-6-2-1-3-7-22/h1-3,6-7,9-12,15,18,20H,4-5,8,13-14,16-17,19H2. The molecule has 5 heteroatoms.